The molecule has 0 bridgehead atoms. The van der Waals surface area contributed by atoms with Crippen LogP contribution in [0, 0.1) is 6.92 Å². The second kappa shape index (κ2) is 4.44. The van der Waals surface area contributed by atoms with Crippen LogP contribution in [-0.4, -0.2) is 38.6 Å². The summed E-state index contributed by atoms with van der Waals surface area (Å²) in [4.78, 5) is 25.8. The largest absolute Gasteiger partial charge is 0.394 e. The Morgan fingerprint density at radius 1 is 1.59 bits per heavy atom. The highest BCUT2D eigenvalue weighted by molar-refractivity contribution is 5.02. The van der Waals surface area contributed by atoms with E-state index in [1.165, 1.54) is 6.20 Å². The average Bonchev–Trinajstić information content (AvgIpc) is 2.65. The summed E-state index contributed by atoms with van der Waals surface area (Å²) in [6.07, 6.45) is -1.03. The van der Waals surface area contributed by atoms with Crippen LogP contribution in [0.1, 0.15) is 18.2 Å². The lowest BCUT2D eigenvalue weighted by molar-refractivity contribution is -0.0469. The molecule has 0 spiro atoms. The van der Waals surface area contributed by atoms with E-state index in [0.29, 0.717) is 5.56 Å². The van der Waals surface area contributed by atoms with Gasteiger partial charge in [0.25, 0.3) is 5.56 Å². The smallest absolute Gasteiger partial charge is 0.330 e. The number of aryl methyl sites for hydroxylation is 1. The molecule has 2 heterocycles. The van der Waals surface area contributed by atoms with Crippen molar-refractivity contribution in [3.63, 3.8) is 0 Å². The molecule has 0 saturated carbocycles. The molecule has 17 heavy (non-hydrogen) atoms. The second-order valence-electron chi connectivity index (χ2n) is 4.07. The minimum absolute atomic E-state index is 0.109. The van der Waals surface area contributed by atoms with Crippen LogP contribution in [0.15, 0.2) is 15.8 Å². The van der Waals surface area contributed by atoms with Crippen molar-refractivity contribution in [1.82, 2.24) is 9.55 Å². The van der Waals surface area contributed by atoms with Crippen molar-refractivity contribution in [3.05, 3.63) is 32.6 Å². The monoisotopic (exact) mass is 242 g/mol. The fourth-order valence-electron chi connectivity index (χ4n) is 1.88. The van der Waals surface area contributed by atoms with Crippen molar-refractivity contribution in [2.75, 3.05) is 6.61 Å². The Kier molecular flexibility index (Phi) is 3.14. The van der Waals surface area contributed by atoms with Gasteiger partial charge in [0.15, 0.2) is 0 Å². The molecule has 0 aliphatic carbocycles. The Morgan fingerprint density at radius 3 is 2.88 bits per heavy atom. The molecule has 0 radical (unpaired) electrons. The molecule has 7 nitrogen and oxygen atoms in total. The predicted molar refractivity (Wildman–Crippen MR) is 57.7 cm³/mol. The Labute approximate surface area is 96.3 Å². The molecule has 3 N–H and O–H groups in total. The number of rotatable bonds is 2. The first-order valence-electron chi connectivity index (χ1n) is 5.29. The molecule has 3 unspecified atom stereocenters. The molecule has 1 aromatic rings. The third-order valence-electron chi connectivity index (χ3n) is 2.86. The van der Waals surface area contributed by atoms with Crippen LogP contribution in [0.2, 0.25) is 0 Å². The maximum Gasteiger partial charge on any atom is 0.330 e. The fourth-order valence-corrected chi connectivity index (χ4v) is 1.88. The van der Waals surface area contributed by atoms with Crippen LogP contribution >= 0.6 is 0 Å². The van der Waals surface area contributed by atoms with Crippen LogP contribution in [0.25, 0.3) is 0 Å². The molecule has 1 fully saturated rings. The summed E-state index contributed by atoms with van der Waals surface area (Å²) < 4.78 is 6.19. The van der Waals surface area contributed by atoms with Crippen molar-refractivity contribution in [2.24, 2.45) is 0 Å². The third-order valence-corrected chi connectivity index (χ3v) is 2.86. The minimum atomic E-state index is -0.878. The third kappa shape index (κ3) is 2.04. The molecule has 0 aromatic carbocycles. The molecule has 1 saturated heterocycles. The zero-order valence-electron chi connectivity index (χ0n) is 9.29. The Balaban J connectivity index is 2.40. The van der Waals surface area contributed by atoms with Crippen molar-refractivity contribution in [1.29, 1.82) is 0 Å². The lowest BCUT2D eigenvalue weighted by Crippen LogP contribution is -2.39. The van der Waals surface area contributed by atoms with Gasteiger partial charge in [0, 0.05) is 18.2 Å². The number of ether oxygens (including phenoxy) is 1. The summed E-state index contributed by atoms with van der Waals surface area (Å²) in [5.74, 6) is 0. The summed E-state index contributed by atoms with van der Waals surface area (Å²) in [7, 11) is 0. The molecule has 0 amide bonds. The first-order valence-corrected chi connectivity index (χ1v) is 5.29. The number of hydrogen-bond acceptors (Lipinski definition) is 5. The summed E-state index contributed by atoms with van der Waals surface area (Å²) in [6.45, 7) is 1.22. The van der Waals surface area contributed by atoms with Gasteiger partial charge < -0.3 is 19.9 Å². The number of nitrogens with zero attached hydrogens (tertiary/aromatic N) is 1. The van der Waals surface area contributed by atoms with Gasteiger partial charge in [-0.05, 0) is 6.92 Å². The minimum Gasteiger partial charge on any atom is -0.394 e. The summed E-state index contributed by atoms with van der Waals surface area (Å²) in [5.41, 5.74) is -0.656. The zero-order valence-corrected chi connectivity index (χ0v) is 9.29. The summed E-state index contributed by atoms with van der Waals surface area (Å²) in [5, 5.41) is 18.5. The zero-order chi connectivity index (χ0) is 12.6. The molecule has 1 aliphatic rings. The van der Waals surface area contributed by atoms with Gasteiger partial charge in [-0.2, -0.15) is 0 Å². The van der Waals surface area contributed by atoms with Gasteiger partial charge in [0.2, 0.25) is 0 Å². The quantitative estimate of drug-likeness (QED) is 0.584. The number of aliphatic hydroxyl groups is 2. The first kappa shape index (κ1) is 12.0. The van der Waals surface area contributed by atoms with Crippen LogP contribution in [-0.2, 0) is 4.74 Å². The molecule has 94 valence electrons. The van der Waals surface area contributed by atoms with Crippen LogP contribution < -0.4 is 11.2 Å². The van der Waals surface area contributed by atoms with E-state index in [2.05, 4.69) is 4.98 Å². The van der Waals surface area contributed by atoms with E-state index >= 15 is 0 Å². The van der Waals surface area contributed by atoms with Gasteiger partial charge in [-0.15, -0.1) is 0 Å². The average molecular weight is 242 g/mol. The van der Waals surface area contributed by atoms with Crippen LogP contribution in [0.5, 0.6) is 0 Å². The first-order chi connectivity index (χ1) is 8.04. The Hall–Kier alpha value is -1.44. The SMILES string of the molecule is Cc1c[nH]c(=O)n(C2CC(O)C(CO)O2)c1=O. The van der Waals surface area contributed by atoms with Gasteiger partial charge in [0.1, 0.15) is 12.3 Å². The van der Waals surface area contributed by atoms with E-state index in [9.17, 15) is 14.7 Å². The van der Waals surface area contributed by atoms with Gasteiger partial charge in [-0.25, -0.2) is 9.36 Å². The molecule has 7 heteroatoms. The number of H-pyrrole nitrogens is 1. The van der Waals surface area contributed by atoms with Gasteiger partial charge in [0.05, 0.1) is 12.7 Å². The number of nitrogens with one attached hydrogen (secondary N) is 1. The van der Waals surface area contributed by atoms with E-state index < -0.39 is 29.7 Å². The molecular formula is C10H14N2O5. The number of aromatic nitrogens is 2. The van der Waals surface area contributed by atoms with Gasteiger partial charge in [-0.1, -0.05) is 0 Å². The van der Waals surface area contributed by atoms with E-state index in [0.717, 1.165) is 4.57 Å². The van der Waals surface area contributed by atoms with E-state index in [-0.39, 0.29) is 13.0 Å². The molecule has 1 aliphatic heterocycles. The summed E-state index contributed by atoms with van der Waals surface area (Å²) in [6, 6.07) is 0. The lowest BCUT2D eigenvalue weighted by atomic mass is 10.2. The highest BCUT2D eigenvalue weighted by atomic mass is 16.5. The molecule has 2 rings (SSSR count). The van der Waals surface area contributed by atoms with E-state index in [1.54, 1.807) is 6.92 Å². The topological polar surface area (TPSA) is 105 Å². The van der Waals surface area contributed by atoms with Crippen LogP contribution in [0.3, 0.4) is 0 Å². The number of aromatic amines is 1. The molecular weight excluding hydrogens is 228 g/mol. The van der Waals surface area contributed by atoms with Crippen molar-refractivity contribution < 1.29 is 14.9 Å². The number of hydrogen-bond donors (Lipinski definition) is 3. The van der Waals surface area contributed by atoms with E-state index in [1.807, 2.05) is 0 Å². The van der Waals surface area contributed by atoms with Crippen molar-refractivity contribution >= 4 is 0 Å². The van der Waals surface area contributed by atoms with E-state index in [4.69, 9.17) is 9.84 Å². The van der Waals surface area contributed by atoms with Gasteiger partial charge >= 0.3 is 5.69 Å². The normalized spacial score (nSPS) is 28.5. The standard InChI is InChI=1S/C10H14N2O5/c1-5-3-11-10(16)12(9(5)15)8-2-6(14)7(4-13)17-8/h3,6-8,13-14H,2,4H2,1H3,(H,11,16). The van der Waals surface area contributed by atoms with Crippen molar-refractivity contribution in [3.8, 4) is 0 Å². The lowest BCUT2D eigenvalue weighted by Gasteiger charge is -2.13. The van der Waals surface area contributed by atoms with Crippen molar-refractivity contribution in [2.45, 2.75) is 31.8 Å². The fraction of sp³-hybridized carbons (Fsp3) is 0.600. The summed E-state index contributed by atoms with van der Waals surface area (Å²) >= 11 is 0. The van der Waals surface area contributed by atoms with Gasteiger partial charge in [-0.3, -0.25) is 4.79 Å². The Morgan fingerprint density at radius 2 is 2.29 bits per heavy atom. The maximum atomic E-state index is 11.8. The molecule has 1 aromatic heterocycles. The second-order valence-corrected chi connectivity index (χ2v) is 4.07. The van der Waals surface area contributed by atoms with Crippen LogP contribution in [0.4, 0.5) is 0 Å². The highest BCUT2D eigenvalue weighted by Gasteiger charge is 2.35. The molecule has 3 atom stereocenters. The predicted octanol–water partition coefficient (Wildman–Crippen LogP) is -1.51. The maximum absolute atomic E-state index is 11.8. The number of aliphatic hydroxyl groups excluding tert-OH is 2. The highest BCUT2D eigenvalue weighted by Crippen LogP contribution is 2.26. The Bertz CT molecular complexity index is 520.